The summed E-state index contributed by atoms with van der Waals surface area (Å²) in [5.41, 5.74) is 1.18. The van der Waals surface area contributed by atoms with E-state index in [0.717, 1.165) is 19.0 Å². The summed E-state index contributed by atoms with van der Waals surface area (Å²) in [6, 6.07) is 0. The van der Waals surface area contributed by atoms with E-state index in [9.17, 15) is 0 Å². The van der Waals surface area contributed by atoms with Crippen molar-refractivity contribution in [3.63, 3.8) is 0 Å². The molecule has 0 bridgehead atoms. The van der Waals surface area contributed by atoms with Crippen LogP contribution in [0.2, 0.25) is 0 Å². The lowest BCUT2D eigenvalue weighted by molar-refractivity contribution is 0.314. The van der Waals surface area contributed by atoms with E-state index in [1.54, 1.807) is 0 Å². The van der Waals surface area contributed by atoms with Gasteiger partial charge < -0.3 is 4.90 Å². The van der Waals surface area contributed by atoms with Gasteiger partial charge >= 0.3 is 0 Å². The van der Waals surface area contributed by atoms with Gasteiger partial charge in [-0.3, -0.25) is 0 Å². The maximum Gasteiger partial charge on any atom is 0.0417 e. The molecule has 1 atom stereocenters. The molecular weight excluding hydrogens is 242 g/mol. The van der Waals surface area contributed by atoms with E-state index in [4.69, 9.17) is 0 Å². The van der Waals surface area contributed by atoms with Gasteiger partial charge in [-0.25, -0.2) is 0 Å². The molecule has 20 heavy (non-hydrogen) atoms. The predicted octanol–water partition coefficient (Wildman–Crippen LogP) is 5.56. The highest BCUT2D eigenvalue weighted by molar-refractivity contribution is 5.16. The largest absolute Gasteiger partial charge is 0.374 e. The second-order valence-electron chi connectivity index (χ2n) is 6.28. The number of hydrogen-bond acceptors (Lipinski definition) is 1. The second-order valence-corrected chi connectivity index (χ2v) is 6.28. The Morgan fingerprint density at radius 3 is 2.60 bits per heavy atom. The minimum atomic E-state index is 0.696. The SMILES string of the molecule is C=C(/C=C\C)CN(/C=C\C(C)CC1CCCCC1)CC. The molecule has 0 radical (unpaired) electrons. The van der Waals surface area contributed by atoms with Gasteiger partial charge in [0.15, 0.2) is 0 Å². The van der Waals surface area contributed by atoms with Crippen LogP contribution in [0.5, 0.6) is 0 Å². The Hall–Kier alpha value is -0.980. The molecule has 0 aromatic heterocycles. The lowest BCUT2D eigenvalue weighted by Crippen LogP contribution is -2.19. The van der Waals surface area contributed by atoms with E-state index in [1.807, 2.05) is 6.92 Å². The molecule has 0 saturated heterocycles. The van der Waals surface area contributed by atoms with E-state index in [-0.39, 0.29) is 0 Å². The zero-order valence-corrected chi connectivity index (χ0v) is 13.8. The maximum atomic E-state index is 4.09. The number of allylic oxidation sites excluding steroid dienone is 2. The summed E-state index contributed by atoms with van der Waals surface area (Å²) in [5, 5.41) is 0. The van der Waals surface area contributed by atoms with Crippen LogP contribution in [0.4, 0.5) is 0 Å². The summed E-state index contributed by atoms with van der Waals surface area (Å²) < 4.78 is 0. The molecule has 1 saturated carbocycles. The molecule has 1 aliphatic carbocycles. The molecule has 1 unspecified atom stereocenters. The first-order valence-corrected chi connectivity index (χ1v) is 8.38. The molecule has 0 aromatic rings. The smallest absolute Gasteiger partial charge is 0.0417 e. The fraction of sp³-hybridized carbons (Fsp3) is 0.684. The first-order valence-electron chi connectivity index (χ1n) is 8.38. The molecule has 0 amide bonds. The predicted molar refractivity (Wildman–Crippen MR) is 90.7 cm³/mol. The third-order valence-corrected chi connectivity index (χ3v) is 4.27. The molecule has 0 N–H and O–H groups in total. The van der Waals surface area contributed by atoms with E-state index >= 15 is 0 Å². The van der Waals surface area contributed by atoms with Gasteiger partial charge in [-0.15, -0.1) is 0 Å². The summed E-state index contributed by atoms with van der Waals surface area (Å²) in [6.45, 7) is 12.7. The Kier molecular flexibility index (Phi) is 8.41. The van der Waals surface area contributed by atoms with Crippen molar-refractivity contribution in [2.75, 3.05) is 13.1 Å². The van der Waals surface area contributed by atoms with Crippen molar-refractivity contribution in [3.05, 3.63) is 36.6 Å². The zero-order valence-electron chi connectivity index (χ0n) is 13.8. The topological polar surface area (TPSA) is 3.24 Å². The van der Waals surface area contributed by atoms with Gasteiger partial charge in [0.05, 0.1) is 0 Å². The fourth-order valence-corrected chi connectivity index (χ4v) is 3.12. The van der Waals surface area contributed by atoms with Gasteiger partial charge in [0, 0.05) is 13.1 Å². The van der Waals surface area contributed by atoms with Crippen LogP contribution in [0.25, 0.3) is 0 Å². The molecule has 0 aromatic carbocycles. The van der Waals surface area contributed by atoms with Crippen LogP contribution in [-0.4, -0.2) is 18.0 Å². The average Bonchev–Trinajstić information content (AvgIpc) is 2.44. The van der Waals surface area contributed by atoms with Gasteiger partial charge in [-0.1, -0.05) is 63.8 Å². The van der Waals surface area contributed by atoms with Crippen molar-refractivity contribution >= 4 is 0 Å². The molecule has 0 spiro atoms. The third kappa shape index (κ3) is 6.98. The number of likely N-dealkylation sites (N-methyl/N-ethyl adjacent to an activating group) is 1. The lowest BCUT2D eigenvalue weighted by Gasteiger charge is -2.24. The Balaban J connectivity index is 2.36. The van der Waals surface area contributed by atoms with Crippen molar-refractivity contribution in [1.29, 1.82) is 0 Å². The Morgan fingerprint density at radius 2 is 2.00 bits per heavy atom. The summed E-state index contributed by atoms with van der Waals surface area (Å²) in [6.07, 6.45) is 17.5. The third-order valence-electron chi connectivity index (χ3n) is 4.27. The molecule has 0 heterocycles. The zero-order chi connectivity index (χ0) is 14.8. The van der Waals surface area contributed by atoms with E-state index < -0.39 is 0 Å². The minimum Gasteiger partial charge on any atom is -0.374 e. The van der Waals surface area contributed by atoms with E-state index in [2.05, 4.69) is 49.8 Å². The van der Waals surface area contributed by atoms with Gasteiger partial charge in [0.25, 0.3) is 0 Å². The van der Waals surface area contributed by atoms with Crippen molar-refractivity contribution in [2.24, 2.45) is 11.8 Å². The first kappa shape index (κ1) is 17.1. The molecular formula is C19H33N. The van der Waals surface area contributed by atoms with Gasteiger partial charge in [0.2, 0.25) is 0 Å². The van der Waals surface area contributed by atoms with Crippen molar-refractivity contribution in [2.45, 2.75) is 59.3 Å². The first-order chi connectivity index (χ1) is 9.65. The van der Waals surface area contributed by atoms with Crippen LogP contribution >= 0.6 is 0 Å². The second kappa shape index (κ2) is 9.85. The van der Waals surface area contributed by atoms with Crippen LogP contribution in [-0.2, 0) is 0 Å². The normalized spacial score (nSPS) is 18.8. The minimum absolute atomic E-state index is 0.696. The van der Waals surface area contributed by atoms with Gasteiger partial charge in [0.1, 0.15) is 0 Å². The standard InChI is InChI=1S/C19H33N/c1-5-10-18(4)16-20(6-2)14-13-17(3)15-19-11-8-7-9-12-19/h5,10,13-14,17,19H,4,6-9,11-12,15-16H2,1-3H3/b10-5-,14-13-. The molecule has 1 fully saturated rings. The maximum absolute atomic E-state index is 4.09. The van der Waals surface area contributed by atoms with Crippen LogP contribution in [0.3, 0.4) is 0 Å². The van der Waals surface area contributed by atoms with Gasteiger partial charge in [-0.05, 0) is 43.9 Å². The summed E-state index contributed by atoms with van der Waals surface area (Å²) >= 11 is 0. The Morgan fingerprint density at radius 1 is 1.30 bits per heavy atom. The fourth-order valence-electron chi connectivity index (χ4n) is 3.12. The van der Waals surface area contributed by atoms with Crippen molar-refractivity contribution in [3.8, 4) is 0 Å². The molecule has 1 aliphatic rings. The summed E-state index contributed by atoms with van der Waals surface area (Å²) in [5.74, 6) is 1.67. The van der Waals surface area contributed by atoms with E-state index in [0.29, 0.717) is 5.92 Å². The summed E-state index contributed by atoms with van der Waals surface area (Å²) in [4.78, 5) is 2.35. The number of hydrogen-bond donors (Lipinski definition) is 0. The summed E-state index contributed by atoms with van der Waals surface area (Å²) in [7, 11) is 0. The van der Waals surface area contributed by atoms with Crippen LogP contribution < -0.4 is 0 Å². The molecule has 1 rings (SSSR count). The highest BCUT2D eigenvalue weighted by Crippen LogP contribution is 2.29. The van der Waals surface area contributed by atoms with E-state index in [1.165, 1.54) is 44.1 Å². The van der Waals surface area contributed by atoms with Crippen LogP contribution in [0.15, 0.2) is 36.6 Å². The molecule has 0 aliphatic heterocycles. The molecule has 114 valence electrons. The van der Waals surface area contributed by atoms with Crippen molar-refractivity contribution < 1.29 is 0 Å². The van der Waals surface area contributed by atoms with Crippen molar-refractivity contribution in [1.82, 2.24) is 4.90 Å². The Labute approximate surface area is 126 Å². The van der Waals surface area contributed by atoms with Gasteiger partial charge in [-0.2, -0.15) is 0 Å². The monoisotopic (exact) mass is 275 g/mol. The molecule has 1 nitrogen and oxygen atoms in total. The quantitative estimate of drug-likeness (QED) is 0.524. The number of rotatable bonds is 8. The Bertz CT molecular complexity index is 321. The van der Waals surface area contributed by atoms with Crippen LogP contribution in [0, 0.1) is 11.8 Å². The number of nitrogens with zero attached hydrogens (tertiary/aromatic N) is 1. The van der Waals surface area contributed by atoms with Crippen LogP contribution in [0.1, 0.15) is 59.3 Å². The average molecular weight is 275 g/mol. The molecule has 1 heteroatoms. The highest BCUT2D eigenvalue weighted by atomic mass is 15.1. The lowest BCUT2D eigenvalue weighted by atomic mass is 9.83. The highest BCUT2D eigenvalue weighted by Gasteiger charge is 2.15.